The van der Waals surface area contributed by atoms with Gasteiger partial charge in [0.05, 0.1) is 16.4 Å². The minimum atomic E-state index is 0.839. The number of hydrogen-bond acceptors (Lipinski definition) is 3. The van der Waals surface area contributed by atoms with E-state index in [-0.39, 0.29) is 0 Å². The van der Waals surface area contributed by atoms with E-state index in [1.54, 1.807) is 30.6 Å². The summed E-state index contributed by atoms with van der Waals surface area (Å²) < 4.78 is 6.33. The Bertz CT molecular complexity index is 366. The Hall–Kier alpha value is -0.250. The van der Waals surface area contributed by atoms with Gasteiger partial charge in [0.2, 0.25) is 0 Å². The van der Waals surface area contributed by atoms with Crippen LogP contribution in [0.15, 0.2) is 28.5 Å². The van der Waals surface area contributed by atoms with Crippen LogP contribution in [0.2, 0.25) is 0 Å². The van der Waals surface area contributed by atoms with Crippen molar-refractivity contribution in [3.8, 4) is 5.75 Å². The molecule has 0 N–H and O–H groups in total. The van der Waals surface area contributed by atoms with Gasteiger partial charge in [-0.25, -0.2) is 0 Å². The number of halogens is 1. The van der Waals surface area contributed by atoms with E-state index in [4.69, 9.17) is 16.3 Å². The zero-order valence-electron chi connectivity index (χ0n) is 10.3. The third-order valence-electron chi connectivity index (χ3n) is 2.07. The molecule has 94 valence electrons. The lowest BCUT2D eigenvalue weighted by atomic mass is 10.2. The number of thioether (sulfide) groups is 2. The number of methoxy groups -OCH3 is 1. The second kappa shape index (κ2) is 7.96. The highest BCUT2D eigenvalue weighted by atomic mass is 35.5. The molecule has 4 heteroatoms. The standard InChI is InChI=1S/C13H17ClOS2/c1-4-16-13(17-5-2)12(14)10-6-8-11(15-3)9-7-10/h6-9H,4-5H2,1-3H3. The third kappa shape index (κ3) is 4.49. The van der Waals surface area contributed by atoms with Crippen molar-refractivity contribution in [2.45, 2.75) is 13.8 Å². The van der Waals surface area contributed by atoms with Crippen molar-refractivity contribution in [1.29, 1.82) is 0 Å². The highest BCUT2D eigenvalue weighted by molar-refractivity contribution is 8.22. The lowest BCUT2D eigenvalue weighted by Crippen LogP contribution is -1.85. The van der Waals surface area contributed by atoms with E-state index in [2.05, 4.69) is 13.8 Å². The van der Waals surface area contributed by atoms with Crippen molar-refractivity contribution in [3.63, 3.8) is 0 Å². The fraction of sp³-hybridized carbons (Fsp3) is 0.385. The van der Waals surface area contributed by atoms with Gasteiger partial charge in [0, 0.05) is 0 Å². The van der Waals surface area contributed by atoms with E-state index in [9.17, 15) is 0 Å². The Labute approximate surface area is 117 Å². The molecule has 0 heterocycles. The quantitative estimate of drug-likeness (QED) is 0.723. The molecular formula is C13H17ClOS2. The van der Waals surface area contributed by atoms with Crippen molar-refractivity contribution in [2.75, 3.05) is 18.6 Å². The molecule has 1 aromatic carbocycles. The molecule has 17 heavy (non-hydrogen) atoms. The van der Waals surface area contributed by atoms with Gasteiger partial charge in [-0.15, -0.1) is 23.5 Å². The first kappa shape index (κ1) is 14.8. The molecule has 0 saturated heterocycles. The van der Waals surface area contributed by atoms with Gasteiger partial charge in [-0.3, -0.25) is 0 Å². The largest absolute Gasteiger partial charge is 0.497 e. The van der Waals surface area contributed by atoms with E-state index < -0.39 is 0 Å². The summed E-state index contributed by atoms with van der Waals surface area (Å²) in [6, 6.07) is 7.85. The van der Waals surface area contributed by atoms with Crippen LogP contribution < -0.4 is 4.74 Å². The molecule has 0 atom stereocenters. The molecule has 1 nitrogen and oxygen atoms in total. The summed E-state index contributed by atoms with van der Waals surface area (Å²) in [7, 11) is 1.66. The highest BCUT2D eigenvalue weighted by Gasteiger charge is 2.07. The zero-order valence-corrected chi connectivity index (χ0v) is 12.7. The van der Waals surface area contributed by atoms with Gasteiger partial charge in [0.15, 0.2) is 0 Å². The van der Waals surface area contributed by atoms with Crippen molar-refractivity contribution in [1.82, 2.24) is 0 Å². The maximum absolute atomic E-state index is 6.42. The summed E-state index contributed by atoms with van der Waals surface area (Å²) in [5, 5.41) is 0.839. The monoisotopic (exact) mass is 288 g/mol. The third-order valence-corrected chi connectivity index (χ3v) is 4.92. The van der Waals surface area contributed by atoms with Crippen LogP contribution in [0, 0.1) is 0 Å². The molecule has 0 fully saturated rings. The highest BCUT2D eigenvalue weighted by Crippen LogP contribution is 2.38. The molecule has 0 radical (unpaired) electrons. The molecule has 1 aromatic rings. The summed E-state index contributed by atoms with van der Waals surface area (Å²) in [4.78, 5) is 0. The van der Waals surface area contributed by atoms with Crippen LogP contribution in [0.25, 0.3) is 5.03 Å². The lowest BCUT2D eigenvalue weighted by molar-refractivity contribution is 0.415. The van der Waals surface area contributed by atoms with Gasteiger partial charge >= 0.3 is 0 Å². The van der Waals surface area contributed by atoms with E-state index >= 15 is 0 Å². The summed E-state index contributed by atoms with van der Waals surface area (Å²) in [5.74, 6) is 2.93. The molecule has 0 unspecified atom stereocenters. The van der Waals surface area contributed by atoms with Gasteiger partial charge in [0.25, 0.3) is 0 Å². The summed E-state index contributed by atoms with van der Waals surface area (Å²) in [6.07, 6.45) is 0. The normalized spacial score (nSPS) is 10.1. The molecule has 0 aliphatic heterocycles. The van der Waals surface area contributed by atoms with E-state index in [0.717, 1.165) is 27.9 Å². The average molecular weight is 289 g/mol. The van der Waals surface area contributed by atoms with Crippen LogP contribution in [0.4, 0.5) is 0 Å². The van der Waals surface area contributed by atoms with Crippen LogP contribution in [-0.4, -0.2) is 18.6 Å². The molecule has 0 spiro atoms. The second-order valence-corrected chi connectivity index (χ2v) is 6.38. The van der Waals surface area contributed by atoms with E-state index in [1.807, 2.05) is 24.3 Å². The Kier molecular flexibility index (Phi) is 6.93. The van der Waals surface area contributed by atoms with Gasteiger partial charge in [-0.2, -0.15) is 0 Å². The lowest BCUT2D eigenvalue weighted by Gasteiger charge is -2.08. The minimum absolute atomic E-state index is 0.839. The molecule has 0 aliphatic carbocycles. The molecule has 0 aromatic heterocycles. The summed E-state index contributed by atoms with van der Waals surface area (Å²) in [5.41, 5.74) is 1.05. The predicted molar refractivity (Wildman–Crippen MR) is 82.0 cm³/mol. The second-order valence-electron chi connectivity index (χ2n) is 3.20. The minimum Gasteiger partial charge on any atom is -0.497 e. The smallest absolute Gasteiger partial charge is 0.118 e. The van der Waals surface area contributed by atoms with Crippen LogP contribution in [0.3, 0.4) is 0 Å². The van der Waals surface area contributed by atoms with Crippen molar-refractivity contribution in [3.05, 3.63) is 34.1 Å². The van der Waals surface area contributed by atoms with E-state index in [1.165, 1.54) is 4.24 Å². The van der Waals surface area contributed by atoms with Gasteiger partial charge in [-0.1, -0.05) is 25.4 Å². The number of benzene rings is 1. The van der Waals surface area contributed by atoms with Crippen LogP contribution in [0.1, 0.15) is 19.4 Å². The molecular weight excluding hydrogens is 272 g/mol. The van der Waals surface area contributed by atoms with Crippen molar-refractivity contribution < 1.29 is 4.74 Å². The Morgan fingerprint density at radius 1 is 1.12 bits per heavy atom. The molecule has 0 saturated carbocycles. The molecule has 0 amide bonds. The maximum Gasteiger partial charge on any atom is 0.118 e. The van der Waals surface area contributed by atoms with Crippen LogP contribution in [-0.2, 0) is 0 Å². The molecule has 0 bridgehead atoms. The van der Waals surface area contributed by atoms with Crippen molar-refractivity contribution in [2.24, 2.45) is 0 Å². The van der Waals surface area contributed by atoms with Crippen LogP contribution in [0.5, 0.6) is 5.75 Å². The predicted octanol–water partition coefficient (Wildman–Crippen LogP) is 5.07. The first-order chi connectivity index (χ1) is 8.22. The molecule has 0 aliphatic rings. The number of hydrogen-bond donors (Lipinski definition) is 0. The SMILES string of the molecule is CCSC(SCC)=C(Cl)c1ccc(OC)cc1. The van der Waals surface area contributed by atoms with Gasteiger partial charge in [-0.05, 0) is 41.3 Å². The number of rotatable bonds is 6. The number of ether oxygens (including phenoxy) is 1. The first-order valence-corrected chi connectivity index (χ1v) is 7.87. The average Bonchev–Trinajstić information content (AvgIpc) is 2.38. The van der Waals surface area contributed by atoms with Crippen molar-refractivity contribution >= 4 is 40.2 Å². The Balaban J connectivity index is 2.96. The summed E-state index contributed by atoms with van der Waals surface area (Å²) in [6.45, 7) is 4.28. The topological polar surface area (TPSA) is 9.23 Å². The maximum atomic E-state index is 6.42. The fourth-order valence-corrected chi connectivity index (χ4v) is 3.79. The Morgan fingerprint density at radius 2 is 1.65 bits per heavy atom. The first-order valence-electron chi connectivity index (χ1n) is 5.52. The summed E-state index contributed by atoms with van der Waals surface area (Å²) >= 11 is 10.0. The van der Waals surface area contributed by atoms with Crippen LogP contribution >= 0.6 is 35.1 Å². The Morgan fingerprint density at radius 3 is 2.06 bits per heavy atom. The fourth-order valence-electron chi connectivity index (χ4n) is 1.29. The van der Waals surface area contributed by atoms with Gasteiger partial charge in [0.1, 0.15) is 5.75 Å². The molecule has 1 rings (SSSR count). The van der Waals surface area contributed by atoms with E-state index in [0.29, 0.717) is 0 Å². The zero-order chi connectivity index (χ0) is 12.7. The van der Waals surface area contributed by atoms with Gasteiger partial charge < -0.3 is 4.74 Å².